The van der Waals surface area contributed by atoms with Crippen LogP contribution in [0.2, 0.25) is 0 Å². The Morgan fingerprint density at radius 2 is 1.40 bits per heavy atom. The van der Waals surface area contributed by atoms with Crippen molar-refractivity contribution in [1.82, 2.24) is 5.32 Å². The predicted molar refractivity (Wildman–Crippen MR) is 104 cm³/mol. The van der Waals surface area contributed by atoms with E-state index in [4.69, 9.17) is 0 Å². The Hall–Kier alpha value is -2.87. The van der Waals surface area contributed by atoms with Gasteiger partial charge in [0.1, 0.15) is 0 Å². The first kappa shape index (κ1) is 17.0. The van der Waals surface area contributed by atoms with Crippen LogP contribution in [-0.4, -0.2) is 5.91 Å². The molecule has 3 rings (SSSR count). The highest BCUT2D eigenvalue weighted by Crippen LogP contribution is 2.19. The van der Waals surface area contributed by atoms with Gasteiger partial charge in [0, 0.05) is 12.1 Å². The molecule has 0 aliphatic rings. The summed E-state index contributed by atoms with van der Waals surface area (Å²) < 4.78 is 0. The van der Waals surface area contributed by atoms with Crippen molar-refractivity contribution in [3.05, 3.63) is 95.6 Å². The van der Waals surface area contributed by atoms with E-state index in [-0.39, 0.29) is 5.91 Å². The predicted octanol–water partition coefficient (Wildman–Crippen LogP) is 5.41. The Morgan fingerprint density at radius 1 is 0.800 bits per heavy atom. The van der Waals surface area contributed by atoms with E-state index in [0.717, 1.165) is 16.7 Å². The molecule has 126 valence electrons. The van der Waals surface area contributed by atoms with E-state index >= 15 is 0 Å². The molecule has 2 heteroatoms. The number of carbonyl (C=O) groups excluding carboxylic acids is 1. The minimum absolute atomic E-state index is 0.0486. The lowest BCUT2D eigenvalue weighted by atomic mass is 10.0. The maximum atomic E-state index is 12.3. The largest absolute Gasteiger partial charge is 0.348 e. The number of carbonyl (C=O) groups is 1. The van der Waals surface area contributed by atoms with Gasteiger partial charge in [0.2, 0.25) is 0 Å². The fraction of sp³-hybridized carbons (Fsp3) is 0.174. The van der Waals surface area contributed by atoms with Crippen molar-refractivity contribution in [3.63, 3.8) is 0 Å². The van der Waals surface area contributed by atoms with Crippen LogP contribution in [0.3, 0.4) is 0 Å². The number of hydrogen-bond donors (Lipinski definition) is 1. The third kappa shape index (κ3) is 4.36. The Labute approximate surface area is 149 Å². The molecule has 2 nitrogen and oxygen atoms in total. The molecule has 1 amide bonds. The van der Waals surface area contributed by atoms with Crippen LogP contribution in [0.1, 0.15) is 41.3 Å². The van der Waals surface area contributed by atoms with Crippen LogP contribution >= 0.6 is 0 Å². The van der Waals surface area contributed by atoms with Crippen molar-refractivity contribution >= 4 is 5.91 Å². The zero-order valence-corrected chi connectivity index (χ0v) is 14.7. The van der Waals surface area contributed by atoms with Crippen molar-refractivity contribution in [2.75, 3.05) is 0 Å². The van der Waals surface area contributed by atoms with E-state index in [9.17, 15) is 4.79 Å². The van der Waals surface area contributed by atoms with Gasteiger partial charge in [0.25, 0.3) is 5.91 Å². The zero-order valence-electron chi connectivity index (χ0n) is 14.7. The quantitative estimate of drug-likeness (QED) is 0.666. The standard InChI is InChI=1S/C23H23NO/c1-17(2)19-10-8-18(9-11-19)16-24-23(25)22-14-12-21(13-15-22)20-6-4-3-5-7-20/h3-15,17H,16H2,1-2H3,(H,24,25). The molecular weight excluding hydrogens is 306 g/mol. The van der Waals surface area contributed by atoms with Gasteiger partial charge in [-0.15, -0.1) is 0 Å². The highest BCUT2D eigenvalue weighted by Gasteiger charge is 2.06. The molecule has 1 N–H and O–H groups in total. The van der Waals surface area contributed by atoms with E-state index in [0.29, 0.717) is 18.0 Å². The molecule has 25 heavy (non-hydrogen) atoms. The van der Waals surface area contributed by atoms with Gasteiger partial charge in [-0.25, -0.2) is 0 Å². The summed E-state index contributed by atoms with van der Waals surface area (Å²) in [5.74, 6) is 0.472. The lowest BCUT2D eigenvalue weighted by molar-refractivity contribution is 0.0951. The van der Waals surface area contributed by atoms with Crippen LogP contribution in [0, 0.1) is 0 Å². The van der Waals surface area contributed by atoms with Crippen molar-refractivity contribution < 1.29 is 4.79 Å². The van der Waals surface area contributed by atoms with Crippen molar-refractivity contribution in [1.29, 1.82) is 0 Å². The second-order valence-corrected chi connectivity index (χ2v) is 6.52. The average molecular weight is 329 g/mol. The average Bonchev–Trinajstić information content (AvgIpc) is 2.67. The zero-order chi connectivity index (χ0) is 17.6. The summed E-state index contributed by atoms with van der Waals surface area (Å²) in [7, 11) is 0. The molecule has 3 aromatic rings. The molecule has 0 heterocycles. The third-order valence-electron chi connectivity index (χ3n) is 4.35. The molecule has 0 fully saturated rings. The maximum absolute atomic E-state index is 12.3. The van der Waals surface area contributed by atoms with Gasteiger partial charge >= 0.3 is 0 Å². The first-order chi connectivity index (χ1) is 12.1. The summed E-state index contributed by atoms with van der Waals surface area (Å²) in [6.07, 6.45) is 0. The molecule has 0 bridgehead atoms. The third-order valence-corrected chi connectivity index (χ3v) is 4.35. The second kappa shape index (κ2) is 7.80. The van der Waals surface area contributed by atoms with Crippen molar-refractivity contribution in [3.8, 4) is 11.1 Å². The fourth-order valence-electron chi connectivity index (χ4n) is 2.75. The minimum atomic E-state index is -0.0486. The van der Waals surface area contributed by atoms with E-state index in [1.54, 1.807) is 0 Å². The number of hydrogen-bond acceptors (Lipinski definition) is 1. The smallest absolute Gasteiger partial charge is 0.251 e. The van der Waals surface area contributed by atoms with E-state index in [2.05, 4.69) is 55.6 Å². The molecule has 0 unspecified atom stereocenters. The fourth-order valence-corrected chi connectivity index (χ4v) is 2.75. The van der Waals surface area contributed by atoms with E-state index in [1.807, 2.05) is 42.5 Å². The van der Waals surface area contributed by atoms with Gasteiger partial charge in [0.15, 0.2) is 0 Å². The van der Waals surface area contributed by atoms with Crippen LogP contribution in [0.5, 0.6) is 0 Å². The Kier molecular flexibility index (Phi) is 5.30. The summed E-state index contributed by atoms with van der Waals surface area (Å²) >= 11 is 0. The first-order valence-corrected chi connectivity index (χ1v) is 8.66. The Bertz CT molecular complexity index is 818. The Morgan fingerprint density at radius 3 is 2.00 bits per heavy atom. The summed E-state index contributed by atoms with van der Waals surface area (Å²) in [5.41, 5.74) is 5.37. The highest BCUT2D eigenvalue weighted by atomic mass is 16.1. The highest BCUT2D eigenvalue weighted by molar-refractivity contribution is 5.94. The van der Waals surface area contributed by atoms with Gasteiger partial charge in [-0.1, -0.05) is 80.6 Å². The van der Waals surface area contributed by atoms with Gasteiger partial charge in [-0.05, 0) is 40.3 Å². The van der Waals surface area contributed by atoms with E-state index in [1.165, 1.54) is 5.56 Å². The van der Waals surface area contributed by atoms with Crippen LogP contribution in [0.4, 0.5) is 0 Å². The van der Waals surface area contributed by atoms with Gasteiger partial charge in [-0.2, -0.15) is 0 Å². The first-order valence-electron chi connectivity index (χ1n) is 8.66. The minimum Gasteiger partial charge on any atom is -0.348 e. The van der Waals surface area contributed by atoms with Crippen LogP contribution in [0.25, 0.3) is 11.1 Å². The lowest BCUT2D eigenvalue weighted by Gasteiger charge is -2.09. The molecule has 0 spiro atoms. The maximum Gasteiger partial charge on any atom is 0.251 e. The normalized spacial score (nSPS) is 10.7. The summed E-state index contributed by atoms with van der Waals surface area (Å²) in [4.78, 5) is 12.3. The molecule has 0 atom stereocenters. The van der Waals surface area contributed by atoms with Crippen molar-refractivity contribution in [2.45, 2.75) is 26.3 Å². The molecule has 0 saturated heterocycles. The van der Waals surface area contributed by atoms with Crippen LogP contribution < -0.4 is 5.32 Å². The monoisotopic (exact) mass is 329 g/mol. The van der Waals surface area contributed by atoms with Gasteiger partial charge < -0.3 is 5.32 Å². The molecular formula is C23H23NO. The summed E-state index contributed by atoms with van der Waals surface area (Å²) in [6, 6.07) is 26.3. The van der Waals surface area contributed by atoms with Crippen molar-refractivity contribution in [2.24, 2.45) is 0 Å². The lowest BCUT2D eigenvalue weighted by Crippen LogP contribution is -2.22. The second-order valence-electron chi connectivity index (χ2n) is 6.52. The van der Waals surface area contributed by atoms with Crippen LogP contribution in [0.15, 0.2) is 78.9 Å². The number of nitrogens with one attached hydrogen (secondary N) is 1. The Balaban J connectivity index is 1.61. The molecule has 0 radical (unpaired) electrons. The number of benzene rings is 3. The summed E-state index contributed by atoms with van der Waals surface area (Å²) in [6.45, 7) is 4.89. The molecule has 0 aliphatic carbocycles. The van der Waals surface area contributed by atoms with Crippen LogP contribution in [-0.2, 0) is 6.54 Å². The van der Waals surface area contributed by atoms with Gasteiger partial charge in [-0.3, -0.25) is 4.79 Å². The van der Waals surface area contributed by atoms with Gasteiger partial charge in [0.05, 0.1) is 0 Å². The SMILES string of the molecule is CC(C)c1ccc(CNC(=O)c2ccc(-c3ccccc3)cc2)cc1. The van der Waals surface area contributed by atoms with E-state index < -0.39 is 0 Å². The molecule has 0 aliphatic heterocycles. The molecule has 0 aromatic heterocycles. The summed E-state index contributed by atoms with van der Waals surface area (Å²) in [5, 5.41) is 2.98. The molecule has 0 saturated carbocycles. The number of rotatable bonds is 5. The molecule has 3 aromatic carbocycles. The number of amides is 1. The topological polar surface area (TPSA) is 29.1 Å².